The molecular formula is C16H16N4O3S. The Kier molecular flexibility index (Phi) is 4.22. The van der Waals surface area contributed by atoms with E-state index < -0.39 is 10.0 Å². The Hall–Kier alpha value is -2.87. The summed E-state index contributed by atoms with van der Waals surface area (Å²) in [6.07, 6.45) is 4.86. The molecule has 0 saturated carbocycles. The minimum atomic E-state index is -3.76. The molecular weight excluding hydrogens is 328 g/mol. The number of sulfonamides is 1. The Labute approximate surface area is 140 Å². The zero-order valence-corrected chi connectivity index (χ0v) is 14.0. The lowest BCUT2D eigenvalue weighted by Crippen LogP contribution is -2.15. The Morgan fingerprint density at radius 1 is 1.17 bits per heavy atom. The van der Waals surface area contributed by atoms with Crippen LogP contribution in [0.4, 0.5) is 5.69 Å². The van der Waals surface area contributed by atoms with Crippen molar-refractivity contribution in [3.8, 4) is 11.6 Å². The molecule has 0 atom stereocenters. The van der Waals surface area contributed by atoms with Crippen LogP contribution in [0.25, 0.3) is 5.82 Å². The van der Waals surface area contributed by atoms with Crippen LogP contribution in [-0.2, 0) is 10.0 Å². The smallest absolute Gasteiger partial charge is 0.262 e. The van der Waals surface area contributed by atoms with Crippen LogP contribution in [-0.4, -0.2) is 30.3 Å². The van der Waals surface area contributed by atoms with Gasteiger partial charge in [-0.25, -0.2) is 18.1 Å². The first-order chi connectivity index (χ1) is 11.5. The van der Waals surface area contributed by atoms with Gasteiger partial charge in [0.05, 0.1) is 17.7 Å². The van der Waals surface area contributed by atoms with E-state index in [1.165, 1.54) is 10.7 Å². The molecule has 0 spiro atoms. The molecule has 2 heterocycles. The molecule has 8 heteroatoms. The van der Waals surface area contributed by atoms with Crippen molar-refractivity contribution in [2.75, 3.05) is 11.8 Å². The van der Waals surface area contributed by atoms with E-state index in [9.17, 15) is 8.42 Å². The number of methoxy groups -OCH3 is 1. The number of hydrogen-bond donors (Lipinski definition) is 1. The summed E-state index contributed by atoms with van der Waals surface area (Å²) in [5, 5.41) is 4.09. The van der Waals surface area contributed by atoms with E-state index in [0.717, 1.165) is 5.56 Å². The van der Waals surface area contributed by atoms with Crippen molar-refractivity contribution in [1.29, 1.82) is 0 Å². The summed E-state index contributed by atoms with van der Waals surface area (Å²) in [5.41, 5.74) is 1.08. The van der Waals surface area contributed by atoms with Crippen LogP contribution in [0.15, 0.2) is 59.9 Å². The Balaban J connectivity index is 1.98. The Morgan fingerprint density at radius 3 is 2.67 bits per heavy atom. The summed E-state index contributed by atoms with van der Waals surface area (Å²) in [6.45, 7) is 1.79. The van der Waals surface area contributed by atoms with E-state index in [4.69, 9.17) is 4.74 Å². The molecule has 0 fully saturated rings. The van der Waals surface area contributed by atoms with E-state index in [1.807, 2.05) is 0 Å². The molecule has 1 N–H and O–H groups in total. The lowest BCUT2D eigenvalue weighted by molar-refractivity contribution is 0.411. The normalized spacial score (nSPS) is 11.2. The number of benzene rings is 1. The van der Waals surface area contributed by atoms with Crippen molar-refractivity contribution >= 4 is 15.7 Å². The van der Waals surface area contributed by atoms with Gasteiger partial charge in [-0.3, -0.25) is 4.72 Å². The van der Waals surface area contributed by atoms with E-state index >= 15 is 0 Å². The van der Waals surface area contributed by atoms with Crippen LogP contribution in [0.3, 0.4) is 0 Å². The fourth-order valence-corrected chi connectivity index (χ4v) is 3.42. The van der Waals surface area contributed by atoms with Gasteiger partial charge in [-0.1, -0.05) is 0 Å². The number of aromatic nitrogens is 3. The quantitative estimate of drug-likeness (QED) is 0.768. The third kappa shape index (κ3) is 3.09. The standard InChI is InChI=1S/C16H16N4O3S/c1-12-11-13(6-7-15(12)23-2)24(21,22)19-14-5-3-8-17-16(14)20-10-4-9-18-20/h3-11,19H,1-2H3. The molecule has 3 aromatic rings. The second kappa shape index (κ2) is 6.32. The zero-order valence-electron chi connectivity index (χ0n) is 13.2. The number of anilines is 1. The minimum absolute atomic E-state index is 0.149. The van der Waals surface area contributed by atoms with E-state index in [2.05, 4.69) is 14.8 Å². The highest BCUT2D eigenvalue weighted by molar-refractivity contribution is 7.92. The van der Waals surface area contributed by atoms with Crippen LogP contribution in [0.1, 0.15) is 5.56 Å². The molecule has 7 nitrogen and oxygen atoms in total. The van der Waals surface area contributed by atoms with Crippen LogP contribution in [0, 0.1) is 6.92 Å². The van der Waals surface area contributed by atoms with Crippen molar-refractivity contribution < 1.29 is 13.2 Å². The van der Waals surface area contributed by atoms with Gasteiger partial charge in [-0.2, -0.15) is 5.10 Å². The van der Waals surface area contributed by atoms with Crippen LogP contribution in [0.5, 0.6) is 5.75 Å². The topological polar surface area (TPSA) is 86.1 Å². The third-order valence-corrected chi connectivity index (χ3v) is 4.79. The highest BCUT2D eigenvalue weighted by Crippen LogP contribution is 2.24. The zero-order chi connectivity index (χ0) is 17.2. The van der Waals surface area contributed by atoms with E-state index in [1.54, 1.807) is 63.0 Å². The number of nitrogens with zero attached hydrogens (tertiary/aromatic N) is 3. The van der Waals surface area contributed by atoms with Crippen molar-refractivity contribution in [2.45, 2.75) is 11.8 Å². The third-order valence-electron chi connectivity index (χ3n) is 3.43. The predicted molar refractivity (Wildman–Crippen MR) is 89.9 cm³/mol. The maximum Gasteiger partial charge on any atom is 0.262 e. The van der Waals surface area contributed by atoms with Gasteiger partial charge in [0.1, 0.15) is 5.75 Å². The SMILES string of the molecule is COc1ccc(S(=O)(=O)Nc2cccnc2-n2cccn2)cc1C. The summed E-state index contributed by atoms with van der Waals surface area (Å²) in [5.74, 6) is 1.03. The second-order valence-corrected chi connectivity index (χ2v) is 6.74. The molecule has 0 aliphatic carbocycles. The van der Waals surface area contributed by atoms with Gasteiger partial charge >= 0.3 is 0 Å². The number of hydrogen-bond acceptors (Lipinski definition) is 5. The number of pyridine rings is 1. The highest BCUT2D eigenvalue weighted by atomic mass is 32.2. The van der Waals surface area contributed by atoms with Gasteiger partial charge in [0.2, 0.25) is 0 Å². The molecule has 0 amide bonds. The lowest BCUT2D eigenvalue weighted by atomic mass is 10.2. The van der Waals surface area contributed by atoms with Crippen LogP contribution in [0.2, 0.25) is 0 Å². The molecule has 0 aliphatic heterocycles. The summed E-state index contributed by atoms with van der Waals surface area (Å²) >= 11 is 0. The molecule has 2 aromatic heterocycles. The monoisotopic (exact) mass is 344 g/mol. The first-order valence-corrected chi connectivity index (χ1v) is 8.62. The Bertz CT molecular complexity index is 953. The molecule has 24 heavy (non-hydrogen) atoms. The minimum Gasteiger partial charge on any atom is -0.496 e. The van der Waals surface area contributed by atoms with Gasteiger partial charge in [0.25, 0.3) is 10.0 Å². The van der Waals surface area contributed by atoms with Crippen molar-refractivity contribution in [3.63, 3.8) is 0 Å². The molecule has 0 radical (unpaired) electrons. The van der Waals surface area contributed by atoms with Gasteiger partial charge in [-0.15, -0.1) is 0 Å². The first kappa shape index (κ1) is 16.0. The first-order valence-electron chi connectivity index (χ1n) is 7.14. The van der Waals surface area contributed by atoms with Crippen LogP contribution < -0.4 is 9.46 Å². The van der Waals surface area contributed by atoms with Crippen molar-refractivity contribution in [2.24, 2.45) is 0 Å². The maximum absolute atomic E-state index is 12.7. The molecule has 1 aromatic carbocycles. The second-order valence-electron chi connectivity index (χ2n) is 5.06. The average molecular weight is 344 g/mol. The summed E-state index contributed by atoms with van der Waals surface area (Å²) in [7, 11) is -2.22. The number of rotatable bonds is 5. The molecule has 0 bridgehead atoms. The Morgan fingerprint density at radius 2 is 2.00 bits per heavy atom. The van der Waals surface area contributed by atoms with Crippen molar-refractivity contribution in [1.82, 2.24) is 14.8 Å². The predicted octanol–water partition coefficient (Wildman–Crippen LogP) is 2.39. The van der Waals surface area contributed by atoms with Gasteiger partial charge in [-0.05, 0) is 48.9 Å². The van der Waals surface area contributed by atoms with Gasteiger partial charge in [0, 0.05) is 18.6 Å². The molecule has 3 rings (SSSR count). The molecule has 0 aliphatic rings. The van der Waals surface area contributed by atoms with Gasteiger partial charge < -0.3 is 4.74 Å². The maximum atomic E-state index is 12.7. The van der Waals surface area contributed by atoms with E-state index in [0.29, 0.717) is 17.3 Å². The highest BCUT2D eigenvalue weighted by Gasteiger charge is 2.18. The lowest BCUT2D eigenvalue weighted by Gasteiger charge is -2.13. The van der Waals surface area contributed by atoms with Crippen molar-refractivity contribution in [3.05, 3.63) is 60.6 Å². The van der Waals surface area contributed by atoms with Gasteiger partial charge in [0.15, 0.2) is 5.82 Å². The fourth-order valence-electron chi connectivity index (χ4n) is 2.28. The summed E-state index contributed by atoms with van der Waals surface area (Å²) < 4.78 is 34.6. The summed E-state index contributed by atoms with van der Waals surface area (Å²) in [4.78, 5) is 4.35. The largest absolute Gasteiger partial charge is 0.496 e. The number of aryl methyl sites for hydroxylation is 1. The number of nitrogens with one attached hydrogen (secondary N) is 1. The van der Waals surface area contributed by atoms with E-state index in [-0.39, 0.29) is 4.90 Å². The number of ether oxygens (including phenoxy) is 1. The van der Waals surface area contributed by atoms with Crippen LogP contribution >= 0.6 is 0 Å². The fraction of sp³-hybridized carbons (Fsp3) is 0.125. The molecule has 0 unspecified atom stereocenters. The average Bonchev–Trinajstić information content (AvgIpc) is 3.09. The molecule has 124 valence electrons. The summed E-state index contributed by atoms with van der Waals surface area (Å²) in [6, 6.07) is 9.71. The molecule has 0 saturated heterocycles.